The first kappa shape index (κ1) is 12.2. The average molecular weight is 179 g/mol. The van der Waals surface area contributed by atoms with E-state index in [1.54, 1.807) is 0 Å². The highest BCUT2D eigenvalue weighted by Gasteiger charge is 1.93. The molecule has 0 aromatic rings. The molecule has 0 amide bonds. The zero-order valence-corrected chi connectivity index (χ0v) is 9.17. The van der Waals surface area contributed by atoms with Crippen molar-refractivity contribution in [2.24, 2.45) is 0 Å². The highest BCUT2D eigenvalue weighted by Crippen LogP contribution is 1.96. The monoisotopic (exact) mass is 179 g/mol. The Hall–Kier alpha value is -0.820. The fourth-order valence-corrected chi connectivity index (χ4v) is 0.929. The van der Waals surface area contributed by atoms with E-state index in [4.69, 9.17) is 0 Å². The van der Waals surface area contributed by atoms with Crippen molar-refractivity contribution in [2.45, 2.75) is 33.7 Å². The fourth-order valence-electron chi connectivity index (χ4n) is 0.929. The highest BCUT2D eigenvalue weighted by atomic mass is 14.9. The SMILES string of the molecule is C\C=C/C=C(\C=C/C)CNC(C)C. The smallest absolute Gasteiger partial charge is 0.0207 e. The summed E-state index contributed by atoms with van der Waals surface area (Å²) in [6, 6.07) is 0.541. The summed E-state index contributed by atoms with van der Waals surface area (Å²) in [7, 11) is 0. The normalized spacial score (nSPS) is 13.8. The van der Waals surface area contributed by atoms with Crippen LogP contribution in [0.15, 0.2) is 36.0 Å². The fraction of sp³-hybridized carbons (Fsp3) is 0.500. The molecule has 0 fully saturated rings. The molecule has 0 unspecified atom stereocenters. The minimum absolute atomic E-state index is 0.541. The average Bonchev–Trinajstić information content (AvgIpc) is 2.09. The van der Waals surface area contributed by atoms with Crippen LogP contribution in [0.5, 0.6) is 0 Å². The molecule has 0 atom stereocenters. The maximum atomic E-state index is 3.39. The van der Waals surface area contributed by atoms with Gasteiger partial charge in [0.1, 0.15) is 0 Å². The van der Waals surface area contributed by atoms with Crippen LogP contribution in [-0.2, 0) is 0 Å². The summed E-state index contributed by atoms with van der Waals surface area (Å²) in [4.78, 5) is 0. The molecule has 0 aromatic heterocycles. The number of hydrogen-bond donors (Lipinski definition) is 1. The summed E-state index contributed by atoms with van der Waals surface area (Å²) in [5.41, 5.74) is 1.31. The van der Waals surface area contributed by atoms with Crippen LogP contribution in [0.25, 0.3) is 0 Å². The summed E-state index contributed by atoms with van der Waals surface area (Å²) < 4.78 is 0. The maximum absolute atomic E-state index is 3.39. The lowest BCUT2D eigenvalue weighted by Gasteiger charge is -2.07. The Morgan fingerprint density at radius 1 is 1.23 bits per heavy atom. The Labute approximate surface area is 82.2 Å². The molecule has 0 aliphatic rings. The van der Waals surface area contributed by atoms with Crippen molar-refractivity contribution in [3.8, 4) is 0 Å². The van der Waals surface area contributed by atoms with Crippen LogP contribution in [0.4, 0.5) is 0 Å². The first-order valence-electron chi connectivity index (χ1n) is 4.88. The van der Waals surface area contributed by atoms with Crippen LogP contribution in [-0.4, -0.2) is 12.6 Å². The van der Waals surface area contributed by atoms with E-state index in [9.17, 15) is 0 Å². The summed E-state index contributed by atoms with van der Waals surface area (Å²) >= 11 is 0. The van der Waals surface area contributed by atoms with Gasteiger partial charge in [0.25, 0.3) is 0 Å². The van der Waals surface area contributed by atoms with E-state index in [1.165, 1.54) is 5.57 Å². The van der Waals surface area contributed by atoms with Gasteiger partial charge in [-0.3, -0.25) is 0 Å². The van der Waals surface area contributed by atoms with Crippen molar-refractivity contribution in [1.29, 1.82) is 0 Å². The minimum atomic E-state index is 0.541. The highest BCUT2D eigenvalue weighted by molar-refractivity contribution is 5.24. The van der Waals surface area contributed by atoms with Gasteiger partial charge in [-0.1, -0.05) is 44.2 Å². The van der Waals surface area contributed by atoms with Gasteiger partial charge in [-0.15, -0.1) is 0 Å². The molecule has 1 N–H and O–H groups in total. The molecule has 0 bridgehead atoms. The van der Waals surface area contributed by atoms with Crippen LogP contribution in [0.3, 0.4) is 0 Å². The number of allylic oxidation sites excluding steroid dienone is 4. The van der Waals surface area contributed by atoms with Crippen molar-refractivity contribution >= 4 is 0 Å². The molecule has 0 saturated carbocycles. The molecule has 0 aliphatic heterocycles. The predicted molar refractivity (Wildman–Crippen MR) is 60.8 cm³/mol. The first-order chi connectivity index (χ1) is 6.20. The lowest BCUT2D eigenvalue weighted by Crippen LogP contribution is -2.24. The lowest BCUT2D eigenvalue weighted by atomic mass is 10.2. The van der Waals surface area contributed by atoms with Crippen LogP contribution >= 0.6 is 0 Å². The Bertz CT molecular complexity index is 197. The molecule has 1 nitrogen and oxygen atoms in total. The minimum Gasteiger partial charge on any atom is -0.310 e. The number of rotatable bonds is 5. The van der Waals surface area contributed by atoms with E-state index in [0.29, 0.717) is 6.04 Å². The molecular weight excluding hydrogens is 158 g/mol. The molecular formula is C12H21N. The second kappa shape index (κ2) is 7.81. The van der Waals surface area contributed by atoms with Crippen LogP contribution < -0.4 is 5.32 Å². The standard InChI is InChI=1S/C12H21N/c1-5-7-9-12(8-6-2)10-13-11(3)4/h5-9,11,13H,10H2,1-4H3/b7-5-,8-6-,12-9+. The molecule has 0 aromatic carbocycles. The van der Waals surface area contributed by atoms with E-state index in [-0.39, 0.29) is 0 Å². The summed E-state index contributed by atoms with van der Waals surface area (Å²) in [6.45, 7) is 9.32. The molecule has 0 heterocycles. The lowest BCUT2D eigenvalue weighted by molar-refractivity contribution is 0.625. The molecule has 0 radical (unpaired) electrons. The molecule has 0 aliphatic carbocycles. The van der Waals surface area contributed by atoms with E-state index in [0.717, 1.165) is 6.54 Å². The summed E-state index contributed by atoms with van der Waals surface area (Å²) in [6.07, 6.45) is 10.4. The van der Waals surface area contributed by atoms with E-state index >= 15 is 0 Å². The quantitative estimate of drug-likeness (QED) is 0.640. The van der Waals surface area contributed by atoms with Crippen molar-refractivity contribution in [1.82, 2.24) is 5.32 Å². The van der Waals surface area contributed by atoms with Crippen LogP contribution in [0, 0.1) is 0 Å². The summed E-state index contributed by atoms with van der Waals surface area (Å²) in [5, 5.41) is 3.39. The van der Waals surface area contributed by atoms with Crippen molar-refractivity contribution < 1.29 is 0 Å². The Balaban J connectivity index is 4.09. The van der Waals surface area contributed by atoms with E-state index < -0.39 is 0 Å². The van der Waals surface area contributed by atoms with Gasteiger partial charge in [-0.2, -0.15) is 0 Å². The molecule has 74 valence electrons. The van der Waals surface area contributed by atoms with E-state index in [1.807, 2.05) is 19.9 Å². The van der Waals surface area contributed by atoms with Crippen molar-refractivity contribution in [2.75, 3.05) is 6.54 Å². The third-order valence-electron chi connectivity index (χ3n) is 1.60. The second-order valence-electron chi connectivity index (χ2n) is 3.30. The molecule has 1 heteroatoms. The van der Waals surface area contributed by atoms with Crippen molar-refractivity contribution in [3.05, 3.63) is 36.0 Å². The molecule has 0 spiro atoms. The Kier molecular flexibility index (Phi) is 7.32. The third kappa shape index (κ3) is 7.54. The van der Waals surface area contributed by atoms with Gasteiger partial charge in [0.2, 0.25) is 0 Å². The van der Waals surface area contributed by atoms with Crippen LogP contribution in [0.1, 0.15) is 27.7 Å². The molecule has 13 heavy (non-hydrogen) atoms. The predicted octanol–water partition coefficient (Wildman–Crippen LogP) is 3.06. The maximum Gasteiger partial charge on any atom is 0.0207 e. The number of nitrogens with one attached hydrogen (secondary N) is 1. The van der Waals surface area contributed by atoms with Crippen LogP contribution in [0.2, 0.25) is 0 Å². The second-order valence-corrected chi connectivity index (χ2v) is 3.30. The third-order valence-corrected chi connectivity index (χ3v) is 1.60. The van der Waals surface area contributed by atoms with Gasteiger partial charge in [-0.25, -0.2) is 0 Å². The van der Waals surface area contributed by atoms with Gasteiger partial charge < -0.3 is 5.32 Å². The number of hydrogen-bond acceptors (Lipinski definition) is 1. The van der Waals surface area contributed by atoms with Crippen molar-refractivity contribution in [3.63, 3.8) is 0 Å². The van der Waals surface area contributed by atoms with Gasteiger partial charge in [-0.05, 0) is 19.4 Å². The van der Waals surface area contributed by atoms with E-state index in [2.05, 4.69) is 43.5 Å². The van der Waals surface area contributed by atoms with Gasteiger partial charge in [0.15, 0.2) is 0 Å². The largest absolute Gasteiger partial charge is 0.310 e. The topological polar surface area (TPSA) is 12.0 Å². The Morgan fingerprint density at radius 3 is 2.38 bits per heavy atom. The zero-order valence-electron chi connectivity index (χ0n) is 9.17. The van der Waals surface area contributed by atoms with Gasteiger partial charge in [0, 0.05) is 12.6 Å². The first-order valence-corrected chi connectivity index (χ1v) is 4.88. The van der Waals surface area contributed by atoms with Gasteiger partial charge in [0.05, 0.1) is 0 Å². The zero-order chi connectivity index (χ0) is 10.1. The van der Waals surface area contributed by atoms with Gasteiger partial charge >= 0.3 is 0 Å². The Morgan fingerprint density at radius 2 is 1.92 bits per heavy atom. The molecule has 0 saturated heterocycles. The molecule has 0 rings (SSSR count). The summed E-state index contributed by atoms with van der Waals surface area (Å²) in [5.74, 6) is 0.